The molecule has 3 aromatic rings. The van der Waals surface area contributed by atoms with Gasteiger partial charge in [0.05, 0.1) is 18.0 Å². The number of hydrogen-bond donors (Lipinski definition) is 1. The van der Waals surface area contributed by atoms with Gasteiger partial charge in [0.25, 0.3) is 0 Å². The number of benzene rings is 3. The molecule has 0 aliphatic heterocycles. The third-order valence-electron chi connectivity index (χ3n) is 4.35. The van der Waals surface area contributed by atoms with E-state index in [4.69, 9.17) is 0 Å². The van der Waals surface area contributed by atoms with E-state index in [1.165, 1.54) is 6.07 Å². The zero-order chi connectivity index (χ0) is 20.0. The fourth-order valence-electron chi connectivity index (χ4n) is 2.89. The maximum atomic E-state index is 12.9. The van der Waals surface area contributed by atoms with Crippen LogP contribution in [-0.4, -0.2) is 20.9 Å². The van der Waals surface area contributed by atoms with Crippen LogP contribution < -0.4 is 9.62 Å². The van der Waals surface area contributed by atoms with E-state index in [0.717, 1.165) is 5.56 Å². The quantitative estimate of drug-likeness (QED) is 0.667. The van der Waals surface area contributed by atoms with E-state index in [9.17, 15) is 13.2 Å². The second-order valence-corrected chi connectivity index (χ2v) is 8.13. The number of para-hydroxylation sites is 1. The highest BCUT2D eigenvalue weighted by atomic mass is 32.2. The monoisotopic (exact) mass is 394 g/mol. The first kappa shape index (κ1) is 19.8. The van der Waals surface area contributed by atoms with E-state index in [1.54, 1.807) is 30.0 Å². The summed E-state index contributed by atoms with van der Waals surface area (Å²) < 4.78 is 27.6. The van der Waals surface area contributed by atoms with Crippen molar-refractivity contribution in [1.82, 2.24) is 4.72 Å². The molecule has 0 aromatic heterocycles. The highest BCUT2D eigenvalue weighted by molar-refractivity contribution is 7.89. The van der Waals surface area contributed by atoms with E-state index in [2.05, 4.69) is 4.72 Å². The first-order chi connectivity index (χ1) is 13.5. The van der Waals surface area contributed by atoms with Crippen LogP contribution in [0.15, 0.2) is 89.8 Å². The lowest BCUT2D eigenvalue weighted by atomic mass is 10.2. The molecule has 3 aromatic carbocycles. The summed E-state index contributed by atoms with van der Waals surface area (Å²) >= 11 is 0. The highest BCUT2D eigenvalue weighted by Crippen LogP contribution is 2.18. The number of sulfonamides is 1. The molecule has 0 unspecified atom stereocenters. The van der Waals surface area contributed by atoms with Crippen molar-refractivity contribution in [2.45, 2.75) is 18.4 Å². The number of nitrogens with zero attached hydrogens (tertiary/aromatic N) is 1. The molecular formula is C22H22N2O3S. The molecule has 1 amide bonds. The van der Waals surface area contributed by atoms with Crippen LogP contribution >= 0.6 is 0 Å². The minimum atomic E-state index is -3.77. The Labute approximate surface area is 165 Å². The first-order valence-corrected chi connectivity index (χ1v) is 10.4. The molecule has 0 fully saturated rings. The van der Waals surface area contributed by atoms with Gasteiger partial charge in [-0.05, 0) is 36.2 Å². The molecule has 0 aliphatic carbocycles. The maximum absolute atomic E-state index is 12.9. The van der Waals surface area contributed by atoms with E-state index < -0.39 is 10.0 Å². The van der Waals surface area contributed by atoms with Crippen LogP contribution in [-0.2, 0) is 21.4 Å². The fourth-order valence-corrected chi connectivity index (χ4v) is 4.10. The van der Waals surface area contributed by atoms with Gasteiger partial charge in [-0.15, -0.1) is 0 Å². The molecular weight excluding hydrogens is 372 g/mol. The van der Waals surface area contributed by atoms with Crippen LogP contribution in [0, 0.1) is 6.92 Å². The first-order valence-electron chi connectivity index (χ1n) is 8.92. The molecule has 5 nitrogen and oxygen atoms in total. The second kappa shape index (κ2) is 8.82. The van der Waals surface area contributed by atoms with Crippen LogP contribution in [0.2, 0.25) is 0 Å². The predicted octanol–water partition coefficient (Wildman–Crippen LogP) is 3.51. The maximum Gasteiger partial charge on any atom is 0.242 e. The molecule has 0 aliphatic rings. The summed E-state index contributed by atoms with van der Waals surface area (Å²) in [5.74, 6) is -0.327. The number of amides is 1. The van der Waals surface area contributed by atoms with Gasteiger partial charge in [-0.3, -0.25) is 4.79 Å². The van der Waals surface area contributed by atoms with E-state index in [1.807, 2.05) is 60.7 Å². The topological polar surface area (TPSA) is 66.5 Å². The molecule has 28 heavy (non-hydrogen) atoms. The molecule has 6 heteroatoms. The molecule has 0 bridgehead atoms. The van der Waals surface area contributed by atoms with E-state index >= 15 is 0 Å². The molecule has 1 N–H and O–H groups in total. The number of nitrogens with one attached hydrogen (secondary N) is 1. The molecule has 3 rings (SSSR count). The average Bonchev–Trinajstić information content (AvgIpc) is 2.72. The summed E-state index contributed by atoms with van der Waals surface area (Å²) in [7, 11) is -3.77. The minimum Gasteiger partial charge on any atom is -0.307 e. The molecule has 0 saturated carbocycles. The second-order valence-electron chi connectivity index (χ2n) is 6.39. The number of aryl methyl sites for hydroxylation is 1. The third kappa shape index (κ3) is 4.85. The molecule has 0 radical (unpaired) electrons. The van der Waals surface area contributed by atoms with Crippen molar-refractivity contribution < 1.29 is 13.2 Å². The summed E-state index contributed by atoms with van der Waals surface area (Å²) in [6.07, 6.45) is 0. The Bertz CT molecular complexity index is 1040. The lowest BCUT2D eigenvalue weighted by molar-refractivity contribution is -0.117. The van der Waals surface area contributed by atoms with Crippen LogP contribution in [0.4, 0.5) is 5.69 Å². The Hall–Kier alpha value is -2.96. The largest absolute Gasteiger partial charge is 0.307 e. The van der Waals surface area contributed by atoms with Crippen molar-refractivity contribution in [2.75, 3.05) is 11.4 Å². The molecule has 0 atom stereocenters. The molecule has 144 valence electrons. The molecule has 0 spiro atoms. The Balaban J connectivity index is 1.79. The Morgan fingerprint density at radius 2 is 1.43 bits per heavy atom. The van der Waals surface area contributed by atoms with Crippen LogP contribution in [0.1, 0.15) is 11.1 Å². The fraction of sp³-hybridized carbons (Fsp3) is 0.136. The predicted molar refractivity (Wildman–Crippen MR) is 110 cm³/mol. The number of hydrogen-bond acceptors (Lipinski definition) is 3. The van der Waals surface area contributed by atoms with Crippen molar-refractivity contribution in [1.29, 1.82) is 0 Å². The van der Waals surface area contributed by atoms with Gasteiger partial charge in [0, 0.05) is 5.69 Å². The van der Waals surface area contributed by atoms with Gasteiger partial charge in [0.2, 0.25) is 15.9 Å². The summed E-state index contributed by atoms with van der Waals surface area (Å²) in [5, 5.41) is 0. The van der Waals surface area contributed by atoms with Gasteiger partial charge in [-0.25, -0.2) is 13.1 Å². The highest BCUT2D eigenvalue weighted by Gasteiger charge is 2.21. The van der Waals surface area contributed by atoms with Gasteiger partial charge in [0.15, 0.2) is 0 Å². The molecule has 0 saturated heterocycles. The lowest BCUT2D eigenvalue weighted by Gasteiger charge is -2.23. The standard InChI is InChI=1S/C22H22N2O3S/c1-18-10-8-9-15-21(18)28(26,27)23-16-22(25)24(20-13-6-3-7-14-20)17-19-11-4-2-5-12-19/h2-15,23H,16-17H2,1H3. The van der Waals surface area contributed by atoms with Gasteiger partial charge in [0.1, 0.15) is 0 Å². The normalized spacial score (nSPS) is 11.2. The van der Waals surface area contributed by atoms with Gasteiger partial charge in [-0.1, -0.05) is 66.7 Å². The Morgan fingerprint density at radius 1 is 0.857 bits per heavy atom. The van der Waals surface area contributed by atoms with Gasteiger partial charge in [-0.2, -0.15) is 0 Å². The van der Waals surface area contributed by atoms with Crippen molar-refractivity contribution in [3.63, 3.8) is 0 Å². The summed E-state index contributed by atoms with van der Waals surface area (Å²) in [6, 6.07) is 25.5. The number of anilines is 1. The van der Waals surface area contributed by atoms with Crippen LogP contribution in [0.3, 0.4) is 0 Å². The summed E-state index contributed by atoms with van der Waals surface area (Å²) in [4.78, 5) is 14.7. The number of rotatable bonds is 7. The average molecular weight is 394 g/mol. The number of carbonyl (C=O) groups is 1. The van der Waals surface area contributed by atoms with Crippen LogP contribution in [0.25, 0.3) is 0 Å². The lowest BCUT2D eigenvalue weighted by Crippen LogP contribution is -2.40. The SMILES string of the molecule is Cc1ccccc1S(=O)(=O)NCC(=O)N(Cc1ccccc1)c1ccccc1. The summed E-state index contributed by atoms with van der Waals surface area (Å²) in [6.45, 7) is 1.76. The van der Waals surface area contributed by atoms with E-state index in [0.29, 0.717) is 17.8 Å². The Morgan fingerprint density at radius 3 is 2.07 bits per heavy atom. The zero-order valence-corrected chi connectivity index (χ0v) is 16.4. The van der Waals surface area contributed by atoms with Crippen molar-refractivity contribution >= 4 is 21.6 Å². The summed E-state index contributed by atoms with van der Waals surface area (Å²) in [5.41, 5.74) is 2.31. The molecule has 0 heterocycles. The zero-order valence-electron chi connectivity index (χ0n) is 15.6. The van der Waals surface area contributed by atoms with E-state index in [-0.39, 0.29) is 17.3 Å². The van der Waals surface area contributed by atoms with Crippen molar-refractivity contribution in [3.8, 4) is 0 Å². The van der Waals surface area contributed by atoms with Crippen molar-refractivity contribution in [3.05, 3.63) is 96.1 Å². The van der Waals surface area contributed by atoms with Crippen molar-refractivity contribution in [2.24, 2.45) is 0 Å². The van der Waals surface area contributed by atoms with Crippen LogP contribution in [0.5, 0.6) is 0 Å². The van der Waals surface area contributed by atoms with Gasteiger partial charge >= 0.3 is 0 Å². The Kier molecular flexibility index (Phi) is 6.23. The minimum absolute atomic E-state index is 0.178. The number of carbonyl (C=O) groups excluding carboxylic acids is 1. The smallest absolute Gasteiger partial charge is 0.242 e. The van der Waals surface area contributed by atoms with Gasteiger partial charge < -0.3 is 4.90 Å². The third-order valence-corrected chi connectivity index (χ3v) is 5.91.